The number of pyridine rings is 2. The number of nitrogens with one attached hydrogen (secondary N) is 3. The van der Waals surface area contributed by atoms with Gasteiger partial charge < -0.3 is 29.8 Å². The standard InChI is InChI=1S/C60H72FN9O8S/c1-37(2)46-8-6-7-9-48(46)53-36-68(35-40-10-14-47(41-11-12-41)54(24-40)77-5)38(3)34-69(53)43-28-60(29-43)20-22-67(23-21-60)42-13-15-49(55(25-42)78-44-26-50-51(61)33-65-56(50)63-31-44)58(71)66-79(75,76)45-27-52(70(73)74)57(64-32-45)62-30-39-16-18-59(4,72)19-17-39/h6-10,13-15,24-27,31-33,37-39,41,43,53,72H,11-12,16-23,28-30,34-36H2,1-5H3,(H,62,64)(H,63,65)(H,66,71)/t38-,39?,53-,59?/m0/s1. The Labute approximate surface area is 461 Å². The van der Waals surface area contributed by atoms with Gasteiger partial charge in [-0.2, -0.15) is 0 Å². The van der Waals surface area contributed by atoms with Crippen molar-refractivity contribution in [1.29, 1.82) is 0 Å². The van der Waals surface area contributed by atoms with E-state index in [0.717, 1.165) is 82.1 Å². The normalized spacial score (nSPS) is 22.9. The Balaban J connectivity index is 0.789. The highest BCUT2D eigenvalue weighted by molar-refractivity contribution is 7.90. The molecule has 0 bridgehead atoms. The van der Waals surface area contributed by atoms with Crippen molar-refractivity contribution in [3.63, 3.8) is 0 Å². The van der Waals surface area contributed by atoms with Crippen molar-refractivity contribution in [1.82, 2.24) is 29.5 Å². The number of ether oxygens (including phenoxy) is 2. The number of amides is 1. The van der Waals surface area contributed by atoms with E-state index in [9.17, 15) is 32.8 Å². The van der Waals surface area contributed by atoms with Gasteiger partial charge >= 0.3 is 5.69 Å². The van der Waals surface area contributed by atoms with Gasteiger partial charge in [0.05, 0.1) is 41.0 Å². The number of anilines is 2. The number of fused-ring (bicyclic) bond motifs is 1. The summed E-state index contributed by atoms with van der Waals surface area (Å²) in [6.45, 7) is 13.4. The number of piperidine rings is 1. The summed E-state index contributed by atoms with van der Waals surface area (Å²) in [4.78, 5) is 44.0. The third-order valence-corrected chi connectivity index (χ3v) is 19.1. The molecule has 4 N–H and O–H groups in total. The number of benzene rings is 3. The molecular weight excluding hydrogens is 1030 g/mol. The molecule has 0 unspecified atom stereocenters. The largest absolute Gasteiger partial charge is 0.496 e. The first kappa shape index (κ1) is 54.3. The molecule has 2 atom stereocenters. The van der Waals surface area contributed by atoms with Crippen molar-refractivity contribution in [2.45, 2.75) is 139 Å². The van der Waals surface area contributed by atoms with Crippen LogP contribution in [-0.2, 0) is 16.6 Å². The lowest BCUT2D eigenvalue weighted by atomic mass is 9.59. The molecular formula is C60H72FN9O8S. The van der Waals surface area contributed by atoms with Crippen molar-refractivity contribution >= 4 is 44.2 Å². The second kappa shape index (κ2) is 21.8. The summed E-state index contributed by atoms with van der Waals surface area (Å²) in [7, 11) is -2.93. The monoisotopic (exact) mass is 1100 g/mol. The fourth-order valence-electron chi connectivity index (χ4n) is 12.9. The first-order valence-corrected chi connectivity index (χ1v) is 29.5. The van der Waals surface area contributed by atoms with Crippen LogP contribution in [0, 0.1) is 27.3 Å². The minimum Gasteiger partial charge on any atom is -0.496 e. The fourth-order valence-corrected chi connectivity index (χ4v) is 13.8. The number of carbonyl (C=O) groups excluding carboxylic acids is 1. The average molecular weight is 1100 g/mol. The number of aromatic nitrogens is 3. The lowest BCUT2D eigenvalue weighted by Gasteiger charge is -2.59. The van der Waals surface area contributed by atoms with E-state index in [1.165, 1.54) is 59.6 Å². The summed E-state index contributed by atoms with van der Waals surface area (Å²) in [6, 6.07) is 24.1. The number of hydrogen-bond donors (Lipinski definition) is 4. The van der Waals surface area contributed by atoms with Crippen LogP contribution >= 0.6 is 0 Å². The van der Waals surface area contributed by atoms with E-state index < -0.39 is 42.9 Å². The number of aliphatic hydroxyl groups is 1. The molecule has 11 rings (SSSR count). The predicted molar refractivity (Wildman–Crippen MR) is 301 cm³/mol. The highest BCUT2D eigenvalue weighted by Gasteiger charge is 2.51. The lowest BCUT2D eigenvalue weighted by molar-refractivity contribution is -0.384. The Morgan fingerprint density at radius 3 is 2.43 bits per heavy atom. The van der Waals surface area contributed by atoms with Crippen LogP contribution in [0.5, 0.6) is 17.2 Å². The maximum atomic E-state index is 14.8. The van der Waals surface area contributed by atoms with Gasteiger partial charge in [0.25, 0.3) is 15.9 Å². The summed E-state index contributed by atoms with van der Waals surface area (Å²) in [5.41, 5.74) is 5.21. The molecule has 6 aromatic rings. The van der Waals surface area contributed by atoms with Crippen LogP contribution in [0.4, 0.5) is 21.6 Å². The second-order valence-corrected chi connectivity index (χ2v) is 25.4. The summed E-state index contributed by atoms with van der Waals surface area (Å²) >= 11 is 0. The number of nitrogens with zero attached hydrogens (tertiary/aromatic N) is 6. The first-order valence-electron chi connectivity index (χ1n) is 28.0. The smallest absolute Gasteiger partial charge is 0.312 e. The number of hydrogen-bond acceptors (Lipinski definition) is 14. The van der Waals surface area contributed by atoms with E-state index in [-0.39, 0.29) is 45.6 Å². The average Bonchev–Trinajstić information content (AvgIpc) is 4.26. The molecule has 3 saturated carbocycles. The van der Waals surface area contributed by atoms with Crippen molar-refractivity contribution < 1.29 is 37.1 Å². The maximum Gasteiger partial charge on any atom is 0.312 e. The van der Waals surface area contributed by atoms with Gasteiger partial charge in [0.1, 0.15) is 33.6 Å². The van der Waals surface area contributed by atoms with Crippen LogP contribution in [0.3, 0.4) is 0 Å². The van der Waals surface area contributed by atoms with Gasteiger partial charge in [-0.15, -0.1) is 0 Å². The Bertz CT molecular complexity index is 3360. The van der Waals surface area contributed by atoms with E-state index in [2.05, 4.69) is 103 Å². The lowest BCUT2D eigenvalue weighted by Crippen LogP contribution is -2.61. The second-order valence-electron chi connectivity index (χ2n) is 23.7. The summed E-state index contributed by atoms with van der Waals surface area (Å²) < 4.78 is 56.8. The number of H-pyrrole nitrogens is 1. The first-order chi connectivity index (χ1) is 37.8. The number of sulfonamides is 1. The van der Waals surface area contributed by atoms with Crippen molar-refractivity contribution in [3.8, 4) is 17.2 Å². The number of aromatic amines is 1. The third-order valence-electron chi connectivity index (χ3n) is 17.8. The number of carbonyl (C=O) groups is 1. The Hall–Kier alpha value is -6.67. The zero-order chi connectivity index (χ0) is 55.4. The van der Waals surface area contributed by atoms with E-state index >= 15 is 0 Å². The summed E-state index contributed by atoms with van der Waals surface area (Å²) in [5, 5.41) is 25.7. The molecule has 5 aliphatic rings. The number of halogens is 1. The highest BCUT2D eigenvalue weighted by atomic mass is 32.2. The molecule has 2 aliphatic heterocycles. The van der Waals surface area contributed by atoms with Gasteiger partial charge in [-0.1, -0.05) is 50.2 Å². The number of methoxy groups -OCH3 is 1. The Morgan fingerprint density at radius 1 is 0.949 bits per heavy atom. The van der Waals surface area contributed by atoms with Crippen LogP contribution < -0.4 is 24.4 Å². The molecule has 3 aromatic heterocycles. The minimum absolute atomic E-state index is 0.00885. The molecule has 17 nitrogen and oxygen atoms in total. The topological polar surface area (TPSA) is 208 Å². The number of rotatable bonds is 17. The van der Waals surface area contributed by atoms with E-state index in [1.54, 1.807) is 26.2 Å². The molecule has 3 aromatic carbocycles. The Kier molecular flexibility index (Phi) is 15.0. The van der Waals surface area contributed by atoms with E-state index in [1.807, 2.05) is 0 Å². The molecule has 2 saturated heterocycles. The summed E-state index contributed by atoms with van der Waals surface area (Å²) in [5.74, 6) is 0.584. The van der Waals surface area contributed by atoms with Crippen LogP contribution in [0.15, 0.2) is 96.3 Å². The van der Waals surface area contributed by atoms with E-state index in [4.69, 9.17) is 9.47 Å². The van der Waals surface area contributed by atoms with Gasteiger partial charge in [0, 0.05) is 81.4 Å². The molecule has 3 aliphatic carbocycles. The molecule has 19 heteroatoms. The molecule has 1 spiro atoms. The van der Waals surface area contributed by atoms with Gasteiger partial charge in [-0.3, -0.25) is 24.7 Å². The van der Waals surface area contributed by atoms with Crippen molar-refractivity contribution in [2.75, 3.05) is 50.1 Å². The Morgan fingerprint density at radius 2 is 1.71 bits per heavy atom. The van der Waals surface area contributed by atoms with Gasteiger partial charge in [0.2, 0.25) is 5.82 Å². The molecule has 5 heterocycles. The quantitative estimate of drug-likeness (QED) is 0.0495. The van der Waals surface area contributed by atoms with E-state index in [0.29, 0.717) is 61.8 Å². The van der Waals surface area contributed by atoms with Crippen LogP contribution in [-0.4, -0.2) is 107 Å². The minimum atomic E-state index is -4.71. The molecule has 79 heavy (non-hydrogen) atoms. The van der Waals surface area contributed by atoms with Crippen molar-refractivity contribution in [3.05, 3.63) is 135 Å². The fraction of sp³-hybridized carbons (Fsp3) is 0.483. The van der Waals surface area contributed by atoms with Crippen LogP contribution in [0.2, 0.25) is 0 Å². The van der Waals surface area contributed by atoms with Crippen LogP contribution in [0.1, 0.15) is 142 Å². The van der Waals surface area contributed by atoms with Gasteiger partial charge in [0.15, 0.2) is 0 Å². The van der Waals surface area contributed by atoms with Gasteiger partial charge in [-0.05, 0) is 148 Å². The highest BCUT2D eigenvalue weighted by Crippen LogP contribution is 2.54. The summed E-state index contributed by atoms with van der Waals surface area (Å²) in [6.07, 6.45) is 12.8. The molecule has 1 amide bonds. The zero-order valence-corrected chi connectivity index (χ0v) is 46.5. The third kappa shape index (κ3) is 11.5. The maximum absolute atomic E-state index is 14.8. The predicted octanol–water partition coefficient (Wildman–Crippen LogP) is 11.0. The SMILES string of the molecule is COc1cc(CN2C[C@@H](c3ccccc3C(C)C)N(C3CC4(CCN(c5ccc(C(=O)NS(=O)(=O)c6cnc(NCC7CCC(C)(O)CC7)c([N+](=O)[O-])c6)c(Oc6cnc7[nH]cc(F)c7c6)c5)CC4)C3)C[C@@H]2C)ccc1C1CC1. The molecule has 5 fully saturated rings. The van der Waals surface area contributed by atoms with Gasteiger partial charge in [-0.25, -0.2) is 27.5 Å². The van der Waals surface area contributed by atoms with Crippen LogP contribution in [0.25, 0.3) is 11.0 Å². The molecule has 418 valence electrons. The number of piperazine rings is 1. The number of nitro groups is 1. The van der Waals surface area contributed by atoms with Crippen molar-refractivity contribution in [2.24, 2.45) is 11.3 Å². The molecule has 0 radical (unpaired) electrons. The zero-order valence-electron chi connectivity index (χ0n) is 45.7.